The minimum Gasteiger partial charge on any atom is -0.371 e. The molecule has 2 bridgehead atoms. The molecular weight excluding hydrogens is 256 g/mol. The maximum absolute atomic E-state index is 5.79. The van der Waals surface area contributed by atoms with E-state index in [1.54, 1.807) is 0 Å². The fraction of sp³-hybridized carbons (Fsp3) is 0.545. The maximum Gasteiger partial charge on any atom is 0.128 e. The molecule has 0 aromatic carbocycles. The number of morpholine rings is 1. The Balaban J connectivity index is 1.80. The van der Waals surface area contributed by atoms with E-state index in [4.69, 9.17) is 4.74 Å². The number of hydrogen-bond acceptors (Lipinski definition) is 3. The van der Waals surface area contributed by atoms with Crippen molar-refractivity contribution in [3.63, 3.8) is 0 Å². The zero-order valence-electron chi connectivity index (χ0n) is 8.40. The Morgan fingerprint density at radius 2 is 2.00 bits per heavy atom. The molecule has 2 unspecified atom stereocenters. The van der Waals surface area contributed by atoms with Gasteiger partial charge in [-0.05, 0) is 40.9 Å². The van der Waals surface area contributed by atoms with Crippen LogP contribution in [-0.2, 0) is 4.74 Å². The number of aromatic nitrogens is 1. The molecule has 3 heterocycles. The topological polar surface area (TPSA) is 25.4 Å². The van der Waals surface area contributed by atoms with E-state index in [1.165, 1.54) is 12.8 Å². The fourth-order valence-corrected chi connectivity index (χ4v) is 2.59. The summed E-state index contributed by atoms with van der Waals surface area (Å²) in [6.07, 6.45) is 5.12. The first-order chi connectivity index (χ1) is 7.31. The summed E-state index contributed by atoms with van der Waals surface area (Å²) in [7, 11) is 0. The van der Waals surface area contributed by atoms with Gasteiger partial charge in [0, 0.05) is 23.8 Å². The van der Waals surface area contributed by atoms with Crippen LogP contribution in [0.25, 0.3) is 0 Å². The first-order valence-electron chi connectivity index (χ1n) is 5.33. The van der Waals surface area contributed by atoms with Gasteiger partial charge in [-0.15, -0.1) is 0 Å². The summed E-state index contributed by atoms with van der Waals surface area (Å²) in [6, 6.07) is 4.11. The molecule has 2 aliphatic rings. The Labute approximate surface area is 97.6 Å². The third-order valence-electron chi connectivity index (χ3n) is 3.08. The lowest BCUT2D eigenvalue weighted by molar-refractivity contribution is 0.0302. The molecule has 2 atom stereocenters. The highest BCUT2D eigenvalue weighted by Gasteiger charge is 2.33. The molecule has 0 saturated carbocycles. The summed E-state index contributed by atoms with van der Waals surface area (Å²) >= 11 is 3.40. The average Bonchev–Trinajstić information content (AvgIpc) is 2.59. The zero-order chi connectivity index (χ0) is 10.3. The minimum absolute atomic E-state index is 0.425. The molecule has 2 aliphatic heterocycles. The number of hydrogen-bond donors (Lipinski definition) is 0. The largest absolute Gasteiger partial charge is 0.371 e. The highest BCUT2D eigenvalue weighted by atomic mass is 79.9. The second-order valence-corrected chi connectivity index (χ2v) is 5.11. The lowest BCUT2D eigenvalue weighted by atomic mass is 10.2. The molecule has 1 aromatic heterocycles. The van der Waals surface area contributed by atoms with Gasteiger partial charge in [0.05, 0.1) is 12.2 Å². The van der Waals surface area contributed by atoms with Gasteiger partial charge < -0.3 is 9.64 Å². The Kier molecular flexibility index (Phi) is 2.41. The Morgan fingerprint density at radius 3 is 2.60 bits per heavy atom. The van der Waals surface area contributed by atoms with Crippen molar-refractivity contribution >= 4 is 21.7 Å². The first-order valence-corrected chi connectivity index (χ1v) is 6.12. The van der Waals surface area contributed by atoms with Crippen molar-refractivity contribution in [2.45, 2.75) is 25.0 Å². The standard InChI is InChI=1S/C11H13BrN2O/c12-8-1-4-11(13-5-8)14-6-9-2-3-10(7-14)15-9/h1,4-5,9-10H,2-3,6-7H2. The van der Waals surface area contributed by atoms with Crippen LogP contribution in [0, 0.1) is 0 Å². The van der Waals surface area contributed by atoms with Crippen molar-refractivity contribution in [3.8, 4) is 0 Å². The molecule has 0 amide bonds. The van der Waals surface area contributed by atoms with Crippen LogP contribution in [0.2, 0.25) is 0 Å². The molecule has 0 radical (unpaired) electrons. The van der Waals surface area contributed by atoms with Gasteiger partial charge in [-0.3, -0.25) is 0 Å². The van der Waals surface area contributed by atoms with Gasteiger partial charge >= 0.3 is 0 Å². The van der Waals surface area contributed by atoms with Crippen LogP contribution in [0.4, 0.5) is 5.82 Å². The minimum atomic E-state index is 0.425. The normalized spacial score (nSPS) is 29.5. The van der Waals surface area contributed by atoms with E-state index in [9.17, 15) is 0 Å². The first kappa shape index (κ1) is 9.60. The molecule has 80 valence electrons. The summed E-state index contributed by atoms with van der Waals surface area (Å²) < 4.78 is 6.82. The molecule has 0 spiro atoms. The van der Waals surface area contributed by atoms with Gasteiger partial charge in [0.15, 0.2) is 0 Å². The van der Waals surface area contributed by atoms with Crippen LogP contribution in [0.5, 0.6) is 0 Å². The predicted octanol–water partition coefficient (Wildman–Crippen LogP) is 2.21. The van der Waals surface area contributed by atoms with Gasteiger partial charge in [-0.25, -0.2) is 4.98 Å². The molecule has 2 fully saturated rings. The van der Waals surface area contributed by atoms with E-state index >= 15 is 0 Å². The number of nitrogens with zero attached hydrogens (tertiary/aromatic N) is 2. The van der Waals surface area contributed by atoms with Crippen LogP contribution in [-0.4, -0.2) is 30.3 Å². The number of ether oxygens (including phenoxy) is 1. The monoisotopic (exact) mass is 268 g/mol. The van der Waals surface area contributed by atoms with E-state index in [1.807, 2.05) is 12.3 Å². The highest BCUT2D eigenvalue weighted by Crippen LogP contribution is 2.28. The van der Waals surface area contributed by atoms with Gasteiger partial charge in [0.25, 0.3) is 0 Å². The second-order valence-electron chi connectivity index (χ2n) is 4.20. The van der Waals surface area contributed by atoms with Gasteiger partial charge in [0.1, 0.15) is 5.82 Å². The fourth-order valence-electron chi connectivity index (χ4n) is 2.36. The van der Waals surface area contributed by atoms with Crippen LogP contribution >= 0.6 is 15.9 Å². The molecule has 4 heteroatoms. The SMILES string of the molecule is Brc1ccc(N2CC3CCC(C2)O3)nc1. The zero-order valence-corrected chi connectivity index (χ0v) is 9.98. The van der Waals surface area contributed by atoms with E-state index in [-0.39, 0.29) is 0 Å². The number of pyridine rings is 1. The van der Waals surface area contributed by atoms with Crippen molar-refractivity contribution in [1.82, 2.24) is 4.98 Å². The molecule has 15 heavy (non-hydrogen) atoms. The van der Waals surface area contributed by atoms with Crippen molar-refractivity contribution in [1.29, 1.82) is 0 Å². The van der Waals surface area contributed by atoms with Crippen LogP contribution in [0.15, 0.2) is 22.8 Å². The number of anilines is 1. The molecular formula is C11H13BrN2O. The van der Waals surface area contributed by atoms with Crippen LogP contribution < -0.4 is 4.90 Å². The highest BCUT2D eigenvalue weighted by molar-refractivity contribution is 9.10. The lowest BCUT2D eigenvalue weighted by Crippen LogP contribution is -2.43. The van der Waals surface area contributed by atoms with Crippen molar-refractivity contribution < 1.29 is 4.74 Å². The molecule has 0 N–H and O–H groups in total. The number of halogens is 1. The Morgan fingerprint density at radius 1 is 1.27 bits per heavy atom. The molecule has 2 saturated heterocycles. The third kappa shape index (κ3) is 1.88. The molecule has 1 aromatic rings. The summed E-state index contributed by atoms with van der Waals surface area (Å²) in [5.41, 5.74) is 0. The summed E-state index contributed by atoms with van der Waals surface area (Å²) in [6.45, 7) is 1.98. The average molecular weight is 269 g/mol. The summed E-state index contributed by atoms with van der Waals surface area (Å²) in [4.78, 5) is 6.75. The molecule has 0 aliphatic carbocycles. The second kappa shape index (κ2) is 3.76. The van der Waals surface area contributed by atoms with Gasteiger partial charge in [-0.1, -0.05) is 0 Å². The van der Waals surface area contributed by atoms with E-state index in [0.717, 1.165) is 23.4 Å². The van der Waals surface area contributed by atoms with Gasteiger partial charge in [-0.2, -0.15) is 0 Å². The molecule has 3 rings (SSSR count). The summed E-state index contributed by atoms with van der Waals surface area (Å²) in [5.74, 6) is 1.07. The van der Waals surface area contributed by atoms with Crippen LogP contribution in [0.3, 0.4) is 0 Å². The smallest absolute Gasteiger partial charge is 0.128 e. The molecule has 3 nitrogen and oxygen atoms in total. The van der Waals surface area contributed by atoms with Crippen molar-refractivity contribution in [2.75, 3.05) is 18.0 Å². The van der Waals surface area contributed by atoms with Crippen molar-refractivity contribution in [3.05, 3.63) is 22.8 Å². The van der Waals surface area contributed by atoms with E-state index < -0.39 is 0 Å². The third-order valence-corrected chi connectivity index (χ3v) is 3.55. The quantitative estimate of drug-likeness (QED) is 0.781. The predicted molar refractivity (Wildman–Crippen MR) is 62.0 cm³/mol. The number of fused-ring (bicyclic) bond motifs is 2. The number of rotatable bonds is 1. The van der Waals surface area contributed by atoms with Gasteiger partial charge in [0.2, 0.25) is 0 Å². The van der Waals surface area contributed by atoms with Crippen LogP contribution in [0.1, 0.15) is 12.8 Å². The maximum atomic E-state index is 5.79. The Hall–Kier alpha value is -0.610. The lowest BCUT2D eigenvalue weighted by Gasteiger charge is -2.32. The van der Waals surface area contributed by atoms with E-state index in [2.05, 4.69) is 31.9 Å². The Bertz CT molecular complexity index is 342. The van der Waals surface area contributed by atoms with E-state index in [0.29, 0.717) is 12.2 Å². The summed E-state index contributed by atoms with van der Waals surface area (Å²) in [5, 5.41) is 0. The van der Waals surface area contributed by atoms with Crippen molar-refractivity contribution in [2.24, 2.45) is 0 Å².